The van der Waals surface area contributed by atoms with Gasteiger partial charge in [0.1, 0.15) is 14.2 Å². The highest BCUT2D eigenvalue weighted by Crippen LogP contribution is 2.51. The van der Waals surface area contributed by atoms with Gasteiger partial charge in [0.25, 0.3) is 0 Å². The molecule has 0 aromatic heterocycles. The summed E-state index contributed by atoms with van der Waals surface area (Å²) < 4.78 is 6.54. The zero-order valence-corrected chi connectivity index (χ0v) is 17.5. The molecule has 3 rings (SSSR count). The fraction of sp³-hybridized carbons (Fsp3) is 0.636. The maximum absolute atomic E-state index is 11.1. The van der Waals surface area contributed by atoms with Crippen molar-refractivity contribution in [3.63, 3.8) is 0 Å². The summed E-state index contributed by atoms with van der Waals surface area (Å²) >= 11 is 0. The van der Waals surface area contributed by atoms with Crippen molar-refractivity contribution in [1.82, 2.24) is 0 Å². The minimum atomic E-state index is -1.77. The highest BCUT2D eigenvalue weighted by molar-refractivity contribution is 6.86. The number of rotatable bonds is 5. The molecule has 2 nitrogen and oxygen atoms in total. The second kappa shape index (κ2) is 6.92. The van der Waals surface area contributed by atoms with Gasteiger partial charge in [-0.05, 0) is 48.3 Å². The Balaban J connectivity index is 1.86. The molecule has 3 heteroatoms. The lowest BCUT2D eigenvalue weighted by Gasteiger charge is -2.38. The molecule has 25 heavy (non-hydrogen) atoms. The van der Waals surface area contributed by atoms with Crippen molar-refractivity contribution in [3.8, 4) is 0 Å². The Morgan fingerprint density at radius 1 is 1.16 bits per heavy atom. The summed E-state index contributed by atoms with van der Waals surface area (Å²) in [5.74, 6) is 0.454. The monoisotopic (exact) mass is 358 g/mol. The maximum Gasteiger partial charge on any atom is 0.130 e. The fourth-order valence-electron chi connectivity index (χ4n) is 4.16. The number of ether oxygens (including phenoxy) is 1. The van der Waals surface area contributed by atoms with E-state index < -0.39 is 8.07 Å². The van der Waals surface area contributed by atoms with E-state index in [9.17, 15) is 5.11 Å². The third-order valence-electron chi connectivity index (χ3n) is 6.73. The number of hydrogen-bond donors (Lipinski definition) is 1. The van der Waals surface area contributed by atoms with Gasteiger partial charge in [0.2, 0.25) is 0 Å². The molecule has 1 aliphatic carbocycles. The Labute approximate surface area is 154 Å². The molecule has 0 radical (unpaired) electrons. The van der Waals surface area contributed by atoms with Crippen LogP contribution in [0.5, 0.6) is 0 Å². The molecule has 1 unspecified atom stereocenters. The van der Waals surface area contributed by atoms with Gasteiger partial charge in [0.05, 0.1) is 11.5 Å². The van der Waals surface area contributed by atoms with Crippen LogP contribution < -0.4 is 0 Å². The number of aryl methyl sites for hydroxylation is 1. The summed E-state index contributed by atoms with van der Waals surface area (Å²) in [6.07, 6.45) is 5.24. The van der Waals surface area contributed by atoms with E-state index in [4.69, 9.17) is 4.74 Å². The second-order valence-corrected chi connectivity index (χ2v) is 14.6. The quantitative estimate of drug-likeness (QED) is 0.706. The van der Waals surface area contributed by atoms with E-state index in [1.54, 1.807) is 0 Å². The average molecular weight is 359 g/mol. The van der Waals surface area contributed by atoms with Crippen molar-refractivity contribution in [3.05, 3.63) is 46.9 Å². The van der Waals surface area contributed by atoms with Crippen molar-refractivity contribution < 1.29 is 9.84 Å². The minimum absolute atomic E-state index is 0.228. The van der Waals surface area contributed by atoms with Gasteiger partial charge in [-0.15, -0.1) is 0 Å². The molecule has 138 valence electrons. The Morgan fingerprint density at radius 2 is 1.84 bits per heavy atom. The maximum atomic E-state index is 11.1. The number of hydrogen-bond acceptors (Lipinski definition) is 2. The lowest BCUT2D eigenvalue weighted by molar-refractivity contribution is 0.137. The highest BCUT2D eigenvalue weighted by Gasteiger charge is 2.50. The van der Waals surface area contributed by atoms with Crippen LogP contribution in [0, 0.1) is 5.92 Å². The van der Waals surface area contributed by atoms with Crippen LogP contribution in [0.3, 0.4) is 0 Å². The molecule has 1 aromatic carbocycles. The lowest BCUT2D eigenvalue weighted by atomic mass is 9.91. The van der Waals surface area contributed by atoms with E-state index in [0.717, 1.165) is 19.3 Å². The lowest BCUT2D eigenvalue weighted by Crippen LogP contribution is -2.41. The van der Waals surface area contributed by atoms with Gasteiger partial charge in [0, 0.05) is 5.92 Å². The molecule has 1 aliphatic heterocycles. The first-order chi connectivity index (χ1) is 11.7. The Bertz CT molecular complexity index is 627. The largest absolute Gasteiger partial charge is 0.499 e. The summed E-state index contributed by atoms with van der Waals surface area (Å²) in [5, 5.41) is 12.6. The molecule has 0 saturated heterocycles. The Kier molecular flexibility index (Phi) is 5.18. The Hall–Kier alpha value is -1.06. The van der Waals surface area contributed by atoms with Gasteiger partial charge in [-0.25, -0.2) is 0 Å². The van der Waals surface area contributed by atoms with Gasteiger partial charge < -0.3 is 9.84 Å². The van der Waals surface area contributed by atoms with E-state index in [0.29, 0.717) is 12.0 Å². The van der Waals surface area contributed by atoms with E-state index >= 15 is 0 Å². The number of benzene rings is 1. The van der Waals surface area contributed by atoms with Crippen molar-refractivity contribution in [2.45, 2.75) is 83.2 Å². The number of aliphatic hydroxyl groups is 1. The third-order valence-corrected chi connectivity index (χ3v) is 12.0. The third kappa shape index (κ3) is 3.59. The predicted octanol–water partition coefficient (Wildman–Crippen LogP) is 5.48. The molecular weight excluding hydrogens is 324 g/mol. The van der Waals surface area contributed by atoms with Gasteiger partial charge in [0.15, 0.2) is 0 Å². The summed E-state index contributed by atoms with van der Waals surface area (Å²) in [4.78, 5) is 0. The van der Waals surface area contributed by atoms with E-state index in [2.05, 4.69) is 58.1 Å². The van der Waals surface area contributed by atoms with Crippen LogP contribution in [0.1, 0.15) is 52.0 Å². The second-order valence-electron chi connectivity index (χ2n) is 9.39. The molecule has 0 spiro atoms. The molecule has 3 atom stereocenters. The summed E-state index contributed by atoms with van der Waals surface area (Å²) in [6.45, 7) is 11.8. The summed E-state index contributed by atoms with van der Waals surface area (Å²) in [5.41, 5.74) is 2.57. The molecular formula is C22H34O2Si. The predicted molar refractivity (Wildman–Crippen MR) is 107 cm³/mol. The number of aliphatic hydroxyl groups excluding tert-OH is 1. The molecule has 1 aromatic rings. The van der Waals surface area contributed by atoms with Crippen LogP contribution in [0.2, 0.25) is 18.1 Å². The van der Waals surface area contributed by atoms with Crippen LogP contribution in [0.4, 0.5) is 0 Å². The van der Waals surface area contributed by atoms with Crippen LogP contribution in [0.25, 0.3) is 0 Å². The SMILES string of the molecule is CC(C)(C)[Si](C)(C)C1=C(C(O)CCc2ccccc2)[C@@H]2CCC[C@@H]2O1. The minimum Gasteiger partial charge on any atom is -0.499 e. The fourth-order valence-corrected chi connectivity index (χ4v) is 6.36. The average Bonchev–Trinajstić information content (AvgIpc) is 3.13. The van der Waals surface area contributed by atoms with E-state index in [-0.39, 0.29) is 11.1 Å². The molecule has 0 bridgehead atoms. The molecule has 1 fully saturated rings. The van der Waals surface area contributed by atoms with Crippen LogP contribution in [-0.2, 0) is 11.2 Å². The van der Waals surface area contributed by atoms with Crippen molar-refractivity contribution in [2.75, 3.05) is 0 Å². The zero-order chi connectivity index (χ0) is 18.2. The zero-order valence-electron chi connectivity index (χ0n) is 16.5. The standard InChI is InChI=1S/C22H34O2Si/c1-22(2,3)25(4,5)21-20(17-12-9-13-19(17)24-21)18(23)15-14-16-10-7-6-8-11-16/h6-8,10-11,17-19,23H,9,12-15H2,1-5H3/t17-,18?,19+/m1/s1. The van der Waals surface area contributed by atoms with Gasteiger partial charge in [-0.3, -0.25) is 0 Å². The van der Waals surface area contributed by atoms with Gasteiger partial charge in [-0.1, -0.05) is 64.2 Å². The van der Waals surface area contributed by atoms with Crippen LogP contribution in [0.15, 0.2) is 41.3 Å². The first kappa shape index (κ1) is 18.7. The van der Waals surface area contributed by atoms with Crippen LogP contribution in [-0.4, -0.2) is 25.4 Å². The van der Waals surface area contributed by atoms with Crippen molar-refractivity contribution >= 4 is 8.07 Å². The summed E-state index contributed by atoms with van der Waals surface area (Å²) in [6, 6.07) is 10.5. The molecule has 0 amide bonds. The van der Waals surface area contributed by atoms with E-state index in [1.165, 1.54) is 29.4 Å². The first-order valence-electron chi connectivity index (χ1n) is 9.85. The summed E-state index contributed by atoms with van der Waals surface area (Å²) in [7, 11) is -1.77. The van der Waals surface area contributed by atoms with Crippen LogP contribution >= 0.6 is 0 Å². The van der Waals surface area contributed by atoms with Crippen molar-refractivity contribution in [2.24, 2.45) is 5.92 Å². The van der Waals surface area contributed by atoms with Gasteiger partial charge >= 0.3 is 0 Å². The topological polar surface area (TPSA) is 29.5 Å². The molecule has 1 heterocycles. The van der Waals surface area contributed by atoms with E-state index in [1.807, 2.05) is 6.07 Å². The number of fused-ring (bicyclic) bond motifs is 1. The smallest absolute Gasteiger partial charge is 0.130 e. The Morgan fingerprint density at radius 3 is 2.48 bits per heavy atom. The first-order valence-corrected chi connectivity index (χ1v) is 12.8. The van der Waals surface area contributed by atoms with Crippen molar-refractivity contribution in [1.29, 1.82) is 0 Å². The highest BCUT2D eigenvalue weighted by atomic mass is 28.3. The van der Waals surface area contributed by atoms with Gasteiger partial charge in [-0.2, -0.15) is 0 Å². The molecule has 1 N–H and O–H groups in total. The normalized spacial score (nSPS) is 25.0. The molecule has 1 saturated carbocycles. The molecule has 2 aliphatic rings.